The number of halogens is 1. The van der Waals surface area contributed by atoms with Crippen molar-refractivity contribution in [3.63, 3.8) is 0 Å². The quantitative estimate of drug-likeness (QED) is 0.513. The number of carbonyl (C=O) groups excluding carboxylic acids is 1. The van der Waals surface area contributed by atoms with Crippen molar-refractivity contribution < 1.29 is 13.9 Å². The molecule has 5 rings (SSSR count). The molecule has 1 N–H and O–H groups in total. The number of aryl methyl sites for hydroxylation is 1. The van der Waals surface area contributed by atoms with E-state index < -0.39 is 0 Å². The molecule has 4 aromatic rings. The molecule has 0 saturated carbocycles. The van der Waals surface area contributed by atoms with E-state index in [2.05, 4.69) is 10.3 Å². The molecule has 2 aromatic heterocycles. The minimum absolute atomic E-state index is 0.0563. The number of amides is 1. The third-order valence-electron chi connectivity index (χ3n) is 5.96. The number of benzene rings is 2. The molecule has 3 heterocycles. The van der Waals surface area contributed by atoms with Gasteiger partial charge in [0.25, 0.3) is 5.91 Å². The summed E-state index contributed by atoms with van der Waals surface area (Å²) in [5.41, 5.74) is 4.12. The van der Waals surface area contributed by atoms with E-state index in [0.29, 0.717) is 36.2 Å². The first-order valence-corrected chi connectivity index (χ1v) is 10.8. The molecule has 0 atom stereocenters. The summed E-state index contributed by atoms with van der Waals surface area (Å²) in [4.78, 5) is 17.3. The Labute approximate surface area is 185 Å². The number of hydrogen-bond donors (Lipinski definition) is 1. The van der Waals surface area contributed by atoms with Crippen LogP contribution < -0.4 is 5.32 Å². The molecule has 1 saturated heterocycles. The predicted octanol–water partition coefficient (Wildman–Crippen LogP) is 4.23. The van der Waals surface area contributed by atoms with E-state index in [1.54, 1.807) is 18.6 Å². The first kappa shape index (κ1) is 20.5. The summed E-state index contributed by atoms with van der Waals surface area (Å²) in [5, 5.41) is 3.42. The van der Waals surface area contributed by atoms with Crippen LogP contribution in [0.3, 0.4) is 0 Å². The van der Waals surface area contributed by atoms with Crippen molar-refractivity contribution in [3.8, 4) is 5.69 Å². The fraction of sp³-hybridized carbons (Fsp3) is 0.280. The number of carbonyl (C=O) groups is 1. The Morgan fingerprint density at radius 2 is 1.94 bits per heavy atom. The SMILES string of the molecule is Cc1cn(-c2ccc(Cn3cc(C(=O)NC4CCOCC4)c4c(F)cccc43)cc2)cn1. The Balaban J connectivity index is 1.43. The molecule has 164 valence electrons. The molecule has 1 amide bonds. The number of aromatic nitrogens is 3. The Kier molecular flexibility index (Phi) is 5.49. The highest BCUT2D eigenvalue weighted by atomic mass is 19.1. The third-order valence-corrected chi connectivity index (χ3v) is 5.96. The molecule has 6 nitrogen and oxygen atoms in total. The lowest BCUT2D eigenvalue weighted by atomic mass is 10.1. The van der Waals surface area contributed by atoms with Crippen molar-refractivity contribution >= 4 is 16.8 Å². The fourth-order valence-electron chi connectivity index (χ4n) is 4.25. The molecule has 0 unspecified atom stereocenters. The number of rotatable bonds is 5. The highest BCUT2D eigenvalue weighted by molar-refractivity contribution is 6.07. The van der Waals surface area contributed by atoms with Crippen molar-refractivity contribution in [2.75, 3.05) is 13.2 Å². The molecule has 1 fully saturated rings. The second-order valence-electron chi connectivity index (χ2n) is 8.25. The zero-order valence-corrected chi connectivity index (χ0v) is 17.9. The minimum atomic E-state index is -0.385. The van der Waals surface area contributed by atoms with Gasteiger partial charge in [-0.25, -0.2) is 9.37 Å². The Morgan fingerprint density at radius 1 is 1.16 bits per heavy atom. The second-order valence-corrected chi connectivity index (χ2v) is 8.25. The maximum absolute atomic E-state index is 14.8. The number of imidazole rings is 1. The summed E-state index contributed by atoms with van der Waals surface area (Å²) in [6, 6.07) is 13.1. The largest absolute Gasteiger partial charge is 0.381 e. The smallest absolute Gasteiger partial charge is 0.253 e. The summed E-state index contributed by atoms with van der Waals surface area (Å²) in [6.45, 7) is 3.76. The van der Waals surface area contributed by atoms with E-state index in [0.717, 1.165) is 29.8 Å². The lowest BCUT2D eigenvalue weighted by Crippen LogP contribution is -2.38. The zero-order chi connectivity index (χ0) is 22.1. The van der Waals surface area contributed by atoms with Crippen molar-refractivity contribution in [2.24, 2.45) is 0 Å². The number of ether oxygens (including phenoxy) is 1. The molecule has 0 spiro atoms. The third kappa shape index (κ3) is 4.03. The molecule has 2 aromatic carbocycles. The Hall–Kier alpha value is -3.45. The van der Waals surface area contributed by atoms with E-state index in [1.807, 2.05) is 52.6 Å². The van der Waals surface area contributed by atoms with Gasteiger partial charge in [0, 0.05) is 49.3 Å². The summed E-state index contributed by atoms with van der Waals surface area (Å²) in [7, 11) is 0. The monoisotopic (exact) mass is 432 g/mol. The van der Waals surface area contributed by atoms with Gasteiger partial charge in [-0.3, -0.25) is 4.79 Å². The summed E-state index contributed by atoms with van der Waals surface area (Å²) < 4.78 is 24.0. The van der Waals surface area contributed by atoms with Gasteiger partial charge in [-0.15, -0.1) is 0 Å². The molecule has 0 aliphatic carbocycles. The Bertz CT molecular complexity index is 1250. The minimum Gasteiger partial charge on any atom is -0.381 e. The van der Waals surface area contributed by atoms with Crippen LogP contribution in [0.15, 0.2) is 61.2 Å². The van der Waals surface area contributed by atoms with Gasteiger partial charge in [0.05, 0.1) is 23.1 Å². The number of fused-ring (bicyclic) bond motifs is 1. The van der Waals surface area contributed by atoms with Crippen molar-refractivity contribution in [2.45, 2.75) is 32.4 Å². The summed E-state index contributed by atoms with van der Waals surface area (Å²) in [6.07, 6.45) is 7.07. The van der Waals surface area contributed by atoms with Crippen molar-refractivity contribution in [1.29, 1.82) is 0 Å². The molecule has 7 heteroatoms. The zero-order valence-electron chi connectivity index (χ0n) is 17.9. The van der Waals surface area contributed by atoms with E-state index in [1.165, 1.54) is 6.07 Å². The molecular weight excluding hydrogens is 407 g/mol. The van der Waals surface area contributed by atoms with Gasteiger partial charge in [0.15, 0.2) is 0 Å². The first-order chi connectivity index (χ1) is 15.6. The van der Waals surface area contributed by atoms with Gasteiger partial charge in [0.1, 0.15) is 5.82 Å². The number of nitrogens with zero attached hydrogens (tertiary/aromatic N) is 3. The first-order valence-electron chi connectivity index (χ1n) is 10.8. The molecular formula is C25H25FN4O2. The molecule has 0 bridgehead atoms. The summed E-state index contributed by atoms with van der Waals surface area (Å²) >= 11 is 0. The fourth-order valence-corrected chi connectivity index (χ4v) is 4.25. The van der Waals surface area contributed by atoms with Gasteiger partial charge >= 0.3 is 0 Å². The number of nitrogens with one attached hydrogen (secondary N) is 1. The van der Waals surface area contributed by atoms with Gasteiger partial charge in [-0.2, -0.15) is 0 Å². The average molecular weight is 432 g/mol. The van der Waals surface area contributed by atoms with E-state index in [9.17, 15) is 9.18 Å². The van der Waals surface area contributed by atoms with Crippen LogP contribution in [0, 0.1) is 12.7 Å². The van der Waals surface area contributed by atoms with Crippen LogP contribution in [0.25, 0.3) is 16.6 Å². The van der Waals surface area contributed by atoms with Crippen LogP contribution in [0.4, 0.5) is 4.39 Å². The number of hydrogen-bond acceptors (Lipinski definition) is 3. The van der Waals surface area contributed by atoms with Gasteiger partial charge in [0.2, 0.25) is 0 Å². The Morgan fingerprint density at radius 3 is 2.66 bits per heavy atom. The van der Waals surface area contributed by atoms with E-state index >= 15 is 0 Å². The van der Waals surface area contributed by atoms with Crippen LogP contribution in [-0.2, 0) is 11.3 Å². The van der Waals surface area contributed by atoms with Crippen molar-refractivity contribution in [1.82, 2.24) is 19.4 Å². The highest BCUT2D eigenvalue weighted by Crippen LogP contribution is 2.26. The molecule has 1 aliphatic heterocycles. The van der Waals surface area contributed by atoms with Crippen LogP contribution >= 0.6 is 0 Å². The predicted molar refractivity (Wildman–Crippen MR) is 121 cm³/mol. The van der Waals surface area contributed by atoms with Crippen LogP contribution in [0.2, 0.25) is 0 Å². The standard InChI is InChI=1S/C25H25FN4O2/c1-17-13-30(16-27-17)20-7-5-18(6-8-20)14-29-15-21(24-22(26)3-2-4-23(24)29)25(31)28-19-9-11-32-12-10-19/h2-8,13,15-16,19H,9-12,14H2,1H3,(H,28,31). The van der Waals surface area contributed by atoms with Crippen molar-refractivity contribution in [3.05, 3.63) is 83.8 Å². The van der Waals surface area contributed by atoms with Gasteiger partial charge in [-0.1, -0.05) is 18.2 Å². The van der Waals surface area contributed by atoms with Crippen LogP contribution in [0.1, 0.15) is 34.5 Å². The van der Waals surface area contributed by atoms with Gasteiger partial charge in [-0.05, 0) is 49.6 Å². The van der Waals surface area contributed by atoms with Crippen LogP contribution in [-0.4, -0.2) is 39.3 Å². The normalized spacial score (nSPS) is 14.7. The molecule has 32 heavy (non-hydrogen) atoms. The highest BCUT2D eigenvalue weighted by Gasteiger charge is 2.22. The summed E-state index contributed by atoms with van der Waals surface area (Å²) in [5.74, 6) is -0.624. The molecule has 1 aliphatic rings. The lowest BCUT2D eigenvalue weighted by molar-refractivity contribution is 0.0697. The van der Waals surface area contributed by atoms with Crippen LogP contribution in [0.5, 0.6) is 0 Å². The van der Waals surface area contributed by atoms with E-state index in [4.69, 9.17) is 4.74 Å². The second kappa shape index (κ2) is 8.59. The lowest BCUT2D eigenvalue weighted by Gasteiger charge is -2.22. The maximum Gasteiger partial charge on any atom is 0.253 e. The van der Waals surface area contributed by atoms with E-state index in [-0.39, 0.29) is 17.8 Å². The molecule has 0 radical (unpaired) electrons. The topological polar surface area (TPSA) is 61.1 Å². The average Bonchev–Trinajstić information content (AvgIpc) is 3.40. The van der Waals surface area contributed by atoms with Gasteiger partial charge < -0.3 is 19.2 Å². The maximum atomic E-state index is 14.8.